The van der Waals surface area contributed by atoms with Crippen molar-refractivity contribution >= 4 is 0 Å². The van der Waals surface area contributed by atoms with Gasteiger partial charge >= 0.3 is 0 Å². The molecule has 4 heteroatoms. The standard InChI is InChI=1S/C15H23NO3/c1-16-15(4-6-19-7-5-15)11-12-8-13(17-2)10-14(9-12)18-3/h8-10,16H,4-7,11H2,1-3H3. The number of nitrogens with one attached hydrogen (secondary N) is 1. The summed E-state index contributed by atoms with van der Waals surface area (Å²) in [4.78, 5) is 0. The summed E-state index contributed by atoms with van der Waals surface area (Å²) in [7, 11) is 5.39. The lowest BCUT2D eigenvalue weighted by Gasteiger charge is -2.37. The molecule has 0 unspecified atom stereocenters. The van der Waals surface area contributed by atoms with Crippen molar-refractivity contribution in [2.75, 3.05) is 34.5 Å². The SMILES string of the molecule is CNC1(Cc2cc(OC)cc(OC)c2)CCOCC1. The Morgan fingerprint density at radius 1 is 1.11 bits per heavy atom. The Bertz CT molecular complexity index is 392. The van der Waals surface area contributed by atoms with Crippen LogP contribution in [0.2, 0.25) is 0 Å². The van der Waals surface area contributed by atoms with E-state index in [0.29, 0.717) is 0 Å². The normalized spacial score (nSPS) is 18.1. The molecule has 0 amide bonds. The second kappa shape index (κ2) is 6.26. The van der Waals surface area contributed by atoms with Gasteiger partial charge in [0.1, 0.15) is 11.5 Å². The molecule has 0 atom stereocenters. The van der Waals surface area contributed by atoms with Crippen molar-refractivity contribution in [3.05, 3.63) is 23.8 Å². The number of likely N-dealkylation sites (N-methyl/N-ethyl adjacent to an activating group) is 1. The van der Waals surface area contributed by atoms with E-state index in [4.69, 9.17) is 14.2 Å². The Morgan fingerprint density at radius 3 is 2.16 bits per heavy atom. The topological polar surface area (TPSA) is 39.7 Å². The lowest BCUT2D eigenvalue weighted by molar-refractivity contribution is 0.0413. The smallest absolute Gasteiger partial charge is 0.122 e. The van der Waals surface area contributed by atoms with Crippen LogP contribution in [0.15, 0.2) is 18.2 Å². The maximum Gasteiger partial charge on any atom is 0.122 e. The van der Waals surface area contributed by atoms with E-state index in [1.807, 2.05) is 13.1 Å². The number of ether oxygens (including phenoxy) is 3. The molecule has 0 saturated carbocycles. The highest BCUT2D eigenvalue weighted by Crippen LogP contribution is 2.29. The van der Waals surface area contributed by atoms with Gasteiger partial charge in [-0.15, -0.1) is 0 Å². The van der Waals surface area contributed by atoms with Crippen molar-refractivity contribution < 1.29 is 14.2 Å². The summed E-state index contributed by atoms with van der Waals surface area (Å²) in [6.07, 6.45) is 3.02. The van der Waals surface area contributed by atoms with Gasteiger partial charge in [0.05, 0.1) is 14.2 Å². The van der Waals surface area contributed by atoms with Crippen LogP contribution in [0.5, 0.6) is 11.5 Å². The molecule has 1 saturated heterocycles. The molecule has 1 aliphatic rings. The van der Waals surface area contributed by atoms with E-state index < -0.39 is 0 Å². The molecule has 0 spiro atoms. The fourth-order valence-electron chi connectivity index (χ4n) is 2.64. The third-order valence-electron chi connectivity index (χ3n) is 3.93. The highest BCUT2D eigenvalue weighted by molar-refractivity contribution is 5.39. The summed E-state index contributed by atoms with van der Waals surface area (Å²) >= 11 is 0. The average Bonchev–Trinajstić information content (AvgIpc) is 2.47. The maximum atomic E-state index is 5.46. The van der Waals surface area contributed by atoms with Crippen LogP contribution in [0.4, 0.5) is 0 Å². The van der Waals surface area contributed by atoms with Crippen LogP contribution in [0, 0.1) is 0 Å². The second-order valence-corrected chi connectivity index (χ2v) is 5.04. The minimum atomic E-state index is 0.121. The zero-order valence-electron chi connectivity index (χ0n) is 12.0. The number of hydrogen-bond acceptors (Lipinski definition) is 4. The predicted octanol–water partition coefficient (Wildman–Crippen LogP) is 2.01. The highest BCUT2D eigenvalue weighted by atomic mass is 16.5. The average molecular weight is 265 g/mol. The molecule has 1 heterocycles. The van der Waals surface area contributed by atoms with Gasteiger partial charge < -0.3 is 19.5 Å². The third kappa shape index (κ3) is 3.39. The van der Waals surface area contributed by atoms with Gasteiger partial charge in [-0.1, -0.05) is 0 Å². The molecule has 1 aromatic carbocycles. The highest BCUT2D eigenvalue weighted by Gasteiger charge is 2.31. The monoisotopic (exact) mass is 265 g/mol. The maximum absolute atomic E-state index is 5.46. The fourth-order valence-corrected chi connectivity index (χ4v) is 2.64. The Labute approximate surface area is 115 Å². The van der Waals surface area contributed by atoms with Crippen molar-refractivity contribution in [3.63, 3.8) is 0 Å². The van der Waals surface area contributed by atoms with Crippen LogP contribution in [-0.2, 0) is 11.2 Å². The quantitative estimate of drug-likeness (QED) is 0.884. The van der Waals surface area contributed by atoms with Gasteiger partial charge in [0.2, 0.25) is 0 Å². The van der Waals surface area contributed by atoms with Crippen LogP contribution in [0.1, 0.15) is 18.4 Å². The van der Waals surface area contributed by atoms with Crippen molar-refractivity contribution in [1.82, 2.24) is 5.32 Å². The molecule has 19 heavy (non-hydrogen) atoms. The zero-order chi connectivity index (χ0) is 13.7. The van der Waals surface area contributed by atoms with Crippen molar-refractivity contribution in [1.29, 1.82) is 0 Å². The molecule has 0 aliphatic carbocycles. The minimum Gasteiger partial charge on any atom is -0.497 e. The van der Waals surface area contributed by atoms with E-state index in [9.17, 15) is 0 Å². The van der Waals surface area contributed by atoms with Gasteiger partial charge in [0, 0.05) is 24.8 Å². The molecule has 0 bridgehead atoms. The molecule has 1 aromatic rings. The van der Waals surface area contributed by atoms with Gasteiger partial charge in [-0.2, -0.15) is 0 Å². The van der Waals surface area contributed by atoms with Crippen LogP contribution in [0.3, 0.4) is 0 Å². The summed E-state index contributed by atoms with van der Waals surface area (Å²) < 4.78 is 16.1. The molecule has 1 fully saturated rings. The first-order valence-electron chi connectivity index (χ1n) is 6.70. The van der Waals surface area contributed by atoms with E-state index in [0.717, 1.165) is 44.0 Å². The molecule has 0 aromatic heterocycles. The molecular formula is C15H23NO3. The molecule has 1 aliphatic heterocycles. The Balaban J connectivity index is 2.20. The van der Waals surface area contributed by atoms with E-state index in [1.54, 1.807) is 14.2 Å². The van der Waals surface area contributed by atoms with E-state index >= 15 is 0 Å². The molecule has 0 radical (unpaired) electrons. The minimum absolute atomic E-state index is 0.121. The van der Waals surface area contributed by atoms with Crippen molar-refractivity contribution in [2.24, 2.45) is 0 Å². The van der Waals surface area contributed by atoms with Gasteiger partial charge in [0.25, 0.3) is 0 Å². The predicted molar refractivity (Wildman–Crippen MR) is 75.1 cm³/mol. The fraction of sp³-hybridized carbons (Fsp3) is 0.600. The molecular weight excluding hydrogens is 242 g/mol. The summed E-state index contributed by atoms with van der Waals surface area (Å²) in [5, 5.41) is 3.48. The Morgan fingerprint density at radius 2 is 1.68 bits per heavy atom. The van der Waals surface area contributed by atoms with Crippen LogP contribution in [-0.4, -0.2) is 40.0 Å². The molecule has 4 nitrogen and oxygen atoms in total. The van der Waals surface area contributed by atoms with Crippen LogP contribution < -0.4 is 14.8 Å². The largest absolute Gasteiger partial charge is 0.497 e. The Kier molecular flexibility index (Phi) is 4.66. The van der Waals surface area contributed by atoms with Crippen molar-refractivity contribution in [3.8, 4) is 11.5 Å². The van der Waals surface area contributed by atoms with E-state index in [-0.39, 0.29) is 5.54 Å². The number of hydrogen-bond donors (Lipinski definition) is 1. The van der Waals surface area contributed by atoms with Gasteiger partial charge in [-0.05, 0) is 44.0 Å². The summed E-state index contributed by atoms with van der Waals surface area (Å²) in [6.45, 7) is 1.64. The van der Waals surface area contributed by atoms with E-state index in [1.165, 1.54) is 5.56 Å². The van der Waals surface area contributed by atoms with Gasteiger partial charge in [-0.3, -0.25) is 0 Å². The molecule has 1 N–H and O–H groups in total. The second-order valence-electron chi connectivity index (χ2n) is 5.04. The summed E-state index contributed by atoms with van der Waals surface area (Å²) in [5.41, 5.74) is 1.35. The molecule has 106 valence electrons. The summed E-state index contributed by atoms with van der Waals surface area (Å²) in [6, 6.07) is 6.06. The van der Waals surface area contributed by atoms with Gasteiger partial charge in [0.15, 0.2) is 0 Å². The van der Waals surface area contributed by atoms with Gasteiger partial charge in [-0.25, -0.2) is 0 Å². The first kappa shape index (κ1) is 14.2. The number of benzene rings is 1. The summed E-state index contributed by atoms with van der Waals surface area (Å²) in [5.74, 6) is 1.68. The molecule has 2 rings (SSSR count). The zero-order valence-corrected chi connectivity index (χ0v) is 12.0. The first-order chi connectivity index (χ1) is 9.21. The number of rotatable bonds is 5. The van der Waals surface area contributed by atoms with Crippen LogP contribution in [0.25, 0.3) is 0 Å². The van der Waals surface area contributed by atoms with Crippen molar-refractivity contribution in [2.45, 2.75) is 24.8 Å². The first-order valence-corrected chi connectivity index (χ1v) is 6.70. The lowest BCUT2D eigenvalue weighted by atomic mass is 9.84. The lowest BCUT2D eigenvalue weighted by Crippen LogP contribution is -2.49. The van der Waals surface area contributed by atoms with E-state index in [2.05, 4.69) is 17.4 Å². The number of methoxy groups -OCH3 is 2. The third-order valence-corrected chi connectivity index (χ3v) is 3.93. The Hall–Kier alpha value is -1.26. The van der Waals surface area contributed by atoms with Crippen LogP contribution >= 0.6 is 0 Å².